The zero-order valence-electron chi connectivity index (χ0n) is 21.3. The lowest BCUT2D eigenvalue weighted by atomic mass is 10.1. The van der Waals surface area contributed by atoms with E-state index in [2.05, 4.69) is 69.3 Å². The topological polar surface area (TPSA) is 83.6 Å². The highest BCUT2D eigenvalue weighted by atomic mass is 32.2. The molecule has 2 aromatic carbocycles. The fraction of sp³-hybridized carbons (Fsp3) is 0.538. The number of hydrogen-bond donors (Lipinski definition) is 0. The van der Waals surface area contributed by atoms with Crippen LogP contribution in [-0.2, 0) is 32.9 Å². The molecule has 2 saturated heterocycles. The van der Waals surface area contributed by atoms with Crippen LogP contribution in [0.1, 0.15) is 34.6 Å². The summed E-state index contributed by atoms with van der Waals surface area (Å²) in [6.45, 7) is 10.6. The van der Waals surface area contributed by atoms with Crippen molar-refractivity contribution in [2.45, 2.75) is 69.9 Å². The van der Waals surface area contributed by atoms with Gasteiger partial charge in [-0.2, -0.15) is 8.42 Å². The van der Waals surface area contributed by atoms with Gasteiger partial charge in [0.25, 0.3) is 18.4 Å². The maximum atomic E-state index is 11.5. The van der Waals surface area contributed by atoms with Crippen LogP contribution in [0, 0.1) is 0 Å². The van der Waals surface area contributed by atoms with Crippen LogP contribution in [0.4, 0.5) is 0 Å². The maximum Gasteiger partial charge on any atom is 0.264 e. The molecule has 35 heavy (non-hydrogen) atoms. The predicted molar refractivity (Wildman–Crippen MR) is 137 cm³/mol. The SMILES string of the molecule is CC1(C)O[C@@H]([C@@H]2O[C@@H]2CO[Si](c2ccccc2)(c2ccccc2)C(C)(C)C)[C@H](COS(C)(=O)=O)O1. The Balaban J connectivity index is 1.55. The molecule has 4 atom stereocenters. The van der Waals surface area contributed by atoms with Gasteiger partial charge in [0.15, 0.2) is 5.79 Å². The molecule has 192 valence electrons. The molecule has 0 aliphatic carbocycles. The van der Waals surface area contributed by atoms with E-state index in [4.69, 9.17) is 22.8 Å². The van der Waals surface area contributed by atoms with E-state index in [1.54, 1.807) is 13.8 Å². The summed E-state index contributed by atoms with van der Waals surface area (Å²) in [5.41, 5.74) is 0. The van der Waals surface area contributed by atoms with Crippen molar-refractivity contribution >= 4 is 28.8 Å². The molecule has 7 nitrogen and oxygen atoms in total. The molecule has 0 radical (unpaired) electrons. The molecule has 0 N–H and O–H groups in total. The highest BCUT2D eigenvalue weighted by Gasteiger charge is 2.57. The normalized spacial score (nSPS) is 26.6. The molecule has 2 aromatic rings. The fourth-order valence-corrected chi connectivity index (χ4v) is 9.96. The molecule has 2 aliphatic heterocycles. The molecule has 2 fully saturated rings. The van der Waals surface area contributed by atoms with Crippen LogP contribution in [0.3, 0.4) is 0 Å². The summed E-state index contributed by atoms with van der Waals surface area (Å²) < 4.78 is 53.0. The van der Waals surface area contributed by atoms with Gasteiger partial charge in [-0.15, -0.1) is 0 Å². The van der Waals surface area contributed by atoms with Crippen LogP contribution >= 0.6 is 0 Å². The van der Waals surface area contributed by atoms with Crippen molar-refractivity contribution in [3.8, 4) is 0 Å². The van der Waals surface area contributed by atoms with Gasteiger partial charge in [-0.25, -0.2) is 0 Å². The van der Waals surface area contributed by atoms with Crippen LogP contribution in [0.5, 0.6) is 0 Å². The van der Waals surface area contributed by atoms with E-state index in [1.807, 2.05) is 12.1 Å². The molecule has 0 unspecified atom stereocenters. The van der Waals surface area contributed by atoms with E-state index in [0.29, 0.717) is 6.61 Å². The summed E-state index contributed by atoms with van der Waals surface area (Å²) in [7, 11) is -6.28. The second-order valence-corrected chi connectivity index (χ2v) is 16.7. The van der Waals surface area contributed by atoms with Crippen LogP contribution in [0.15, 0.2) is 60.7 Å². The Morgan fingerprint density at radius 1 is 0.857 bits per heavy atom. The standard InChI is InChI=1S/C26H36O7SSi/c1-25(2,3)35(19-13-9-7-10-14-19,20-15-11-8-12-16-20)30-18-21-23(31-21)24-22(17-29-34(6,27)28)32-26(4,5)33-24/h7-16,21-24H,17-18H2,1-6H3/t21-,22+,23-,24-/m1/s1. The van der Waals surface area contributed by atoms with Crippen molar-refractivity contribution < 1.29 is 31.2 Å². The Morgan fingerprint density at radius 2 is 1.40 bits per heavy atom. The lowest BCUT2D eigenvalue weighted by Crippen LogP contribution is -2.66. The van der Waals surface area contributed by atoms with Crippen LogP contribution < -0.4 is 10.4 Å². The molecule has 2 heterocycles. The van der Waals surface area contributed by atoms with Crippen molar-refractivity contribution in [1.29, 1.82) is 0 Å². The van der Waals surface area contributed by atoms with E-state index in [1.165, 1.54) is 10.4 Å². The minimum Gasteiger partial charge on any atom is -0.405 e. The predicted octanol–water partition coefficient (Wildman–Crippen LogP) is 2.83. The average Bonchev–Trinajstić information content (AvgIpc) is 3.48. The van der Waals surface area contributed by atoms with Crippen molar-refractivity contribution in [1.82, 2.24) is 0 Å². The van der Waals surface area contributed by atoms with E-state index >= 15 is 0 Å². The molecular formula is C26H36O7SSi. The quantitative estimate of drug-likeness (QED) is 0.286. The van der Waals surface area contributed by atoms with Gasteiger partial charge in [-0.3, -0.25) is 4.18 Å². The lowest BCUT2D eigenvalue weighted by molar-refractivity contribution is -0.149. The smallest absolute Gasteiger partial charge is 0.264 e. The van der Waals surface area contributed by atoms with Gasteiger partial charge in [0.1, 0.15) is 24.4 Å². The molecule has 0 spiro atoms. The minimum atomic E-state index is -3.59. The molecule has 9 heteroatoms. The van der Waals surface area contributed by atoms with Gasteiger partial charge in [-0.1, -0.05) is 81.4 Å². The van der Waals surface area contributed by atoms with Gasteiger partial charge in [0.05, 0.1) is 19.5 Å². The minimum absolute atomic E-state index is 0.116. The third kappa shape index (κ3) is 5.88. The van der Waals surface area contributed by atoms with E-state index in [9.17, 15) is 8.42 Å². The fourth-order valence-electron chi connectivity index (χ4n) is 5.01. The Kier molecular flexibility index (Phi) is 7.34. The van der Waals surface area contributed by atoms with Gasteiger partial charge in [0, 0.05) is 0 Å². The number of benzene rings is 2. The number of rotatable bonds is 9. The number of epoxide rings is 1. The highest BCUT2D eigenvalue weighted by Crippen LogP contribution is 2.41. The monoisotopic (exact) mass is 520 g/mol. The van der Waals surface area contributed by atoms with Crippen molar-refractivity contribution in [3.05, 3.63) is 60.7 Å². The molecule has 4 rings (SSSR count). The van der Waals surface area contributed by atoms with Crippen molar-refractivity contribution in [2.24, 2.45) is 0 Å². The first-order valence-electron chi connectivity index (χ1n) is 11.9. The van der Waals surface area contributed by atoms with Crippen molar-refractivity contribution in [2.75, 3.05) is 19.5 Å². The Labute approximate surface area is 209 Å². The average molecular weight is 521 g/mol. The van der Waals surface area contributed by atoms with Crippen LogP contribution in [0.2, 0.25) is 5.04 Å². The molecule has 0 aromatic heterocycles. The van der Waals surface area contributed by atoms with E-state index in [0.717, 1.165) is 6.26 Å². The Bertz CT molecular complexity index is 1060. The summed E-state index contributed by atoms with van der Waals surface area (Å²) >= 11 is 0. The third-order valence-electron chi connectivity index (χ3n) is 6.49. The number of ether oxygens (including phenoxy) is 3. The van der Waals surface area contributed by atoms with E-state index < -0.39 is 36.4 Å². The Hall–Kier alpha value is -1.59. The second-order valence-electron chi connectivity index (χ2n) is 10.7. The summed E-state index contributed by atoms with van der Waals surface area (Å²) in [5, 5.41) is 2.27. The molecule has 0 bridgehead atoms. The Morgan fingerprint density at radius 3 is 1.89 bits per heavy atom. The van der Waals surface area contributed by atoms with Crippen molar-refractivity contribution in [3.63, 3.8) is 0 Å². The lowest BCUT2D eigenvalue weighted by Gasteiger charge is -2.43. The summed E-state index contributed by atoms with van der Waals surface area (Å²) in [6, 6.07) is 20.9. The first-order chi connectivity index (χ1) is 16.3. The van der Waals surface area contributed by atoms with Crippen LogP contribution in [-0.4, -0.2) is 66.4 Å². The van der Waals surface area contributed by atoms with Gasteiger partial charge in [-0.05, 0) is 29.3 Å². The molecule has 0 saturated carbocycles. The zero-order valence-corrected chi connectivity index (χ0v) is 23.1. The molecule has 2 aliphatic rings. The summed E-state index contributed by atoms with van der Waals surface area (Å²) in [4.78, 5) is 0. The van der Waals surface area contributed by atoms with Crippen LogP contribution in [0.25, 0.3) is 0 Å². The largest absolute Gasteiger partial charge is 0.405 e. The summed E-state index contributed by atoms with van der Waals surface area (Å²) in [6.07, 6.45) is -0.415. The second kappa shape index (κ2) is 9.70. The molecule has 0 amide bonds. The van der Waals surface area contributed by atoms with Gasteiger partial charge in [0.2, 0.25) is 0 Å². The summed E-state index contributed by atoms with van der Waals surface area (Å²) in [5.74, 6) is -0.856. The van der Waals surface area contributed by atoms with E-state index in [-0.39, 0.29) is 23.9 Å². The first-order valence-corrected chi connectivity index (χ1v) is 15.7. The van der Waals surface area contributed by atoms with Gasteiger partial charge < -0.3 is 18.6 Å². The first kappa shape index (κ1) is 26.5. The zero-order chi connectivity index (χ0) is 25.5. The third-order valence-corrected chi connectivity index (χ3v) is 12.1. The van der Waals surface area contributed by atoms with Gasteiger partial charge >= 0.3 is 0 Å². The highest BCUT2D eigenvalue weighted by molar-refractivity contribution is 7.85. The number of hydrogen-bond acceptors (Lipinski definition) is 7. The maximum absolute atomic E-state index is 11.5. The molecular weight excluding hydrogens is 484 g/mol.